The number of esters is 1. The van der Waals surface area contributed by atoms with Gasteiger partial charge in [-0.05, 0) is 60.7 Å². The summed E-state index contributed by atoms with van der Waals surface area (Å²) in [5, 5.41) is 9.87. The van der Waals surface area contributed by atoms with Crippen LogP contribution < -0.4 is 0 Å². The lowest BCUT2D eigenvalue weighted by molar-refractivity contribution is -0.133. The first-order valence-electron chi connectivity index (χ1n) is 8.47. The van der Waals surface area contributed by atoms with Gasteiger partial charge in [-0.2, -0.15) is 0 Å². The Morgan fingerprint density at radius 2 is 1.71 bits per heavy atom. The summed E-state index contributed by atoms with van der Waals surface area (Å²) in [4.78, 5) is 25.5. The zero-order valence-corrected chi connectivity index (χ0v) is 15.8. The molecule has 3 rings (SSSR count). The number of amides is 1. The Labute approximate surface area is 166 Å². The number of carbonyl (C=O) groups excluding carboxylic acids is 2. The van der Waals surface area contributed by atoms with Gasteiger partial charge in [-0.1, -0.05) is 11.6 Å². The zero-order chi connectivity index (χ0) is 20.1. The van der Waals surface area contributed by atoms with Gasteiger partial charge in [0.05, 0.1) is 12.1 Å². The number of likely N-dealkylation sites (N-methyl/N-ethyl adjacent to an activating group) is 1. The summed E-state index contributed by atoms with van der Waals surface area (Å²) in [6.07, 6.45) is 0. The summed E-state index contributed by atoms with van der Waals surface area (Å²) < 4.78 is 10.8. The van der Waals surface area contributed by atoms with Crippen LogP contribution in [0.2, 0.25) is 5.02 Å². The van der Waals surface area contributed by atoms with Crippen LogP contribution in [0.1, 0.15) is 16.1 Å². The van der Waals surface area contributed by atoms with Crippen LogP contribution in [0.4, 0.5) is 0 Å². The third-order valence-electron chi connectivity index (χ3n) is 4.04. The number of furan rings is 1. The van der Waals surface area contributed by atoms with Gasteiger partial charge in [0.2, 0.25) is 0 Å². The number of aromatic hydroxyl groups is 1. The van der Waals surface area contributed by atoms with Crippen molar-refractivity contribution < 1.29 is 23.8 Å². The summed E-state index contributed by atoms with van der Waals surface area (Å²) in [6.45, 7) is -0.149. The topological polar surface area (TPSA) is 80.0 Å². The Balaban J connectivity index is 1.53. The zero-order valence-electron chi connectivity index (χ0n) is 15.1. The number of ether oxygens (including phenoxy) is 1. The lowest BCUT2D eigenvalue weighted by Crippen LogP contribution is -2.30. The quantitative estimate of drug-likeness (QED) is 0.630. The highest BCUT2D eigenvalue weighted by Crippen LogP contribution is 2.24. The Kier molecular flexibility index (Phi) is 6.01. The summed E-state index contributed by atoms with van der Waals surface area (Å²) in [5.41, 5.74) is 1.14. The summed E-state index contributed by atoms with van der Waals surface area (Å²) in [5.74, 6) is 0.321. The number of halogens is 1. The second kappa shape index (κ2) is 8.63. The number of phenolic OH excluding ortho intramolecular Hbond substituents is 1. The fourth-order valence-electron chi connectivity index (χ4n) is 2.47. The molecule has 0 aliphatic rings. The predicted molar refractivity (Wildman–Crippen MR) is 104 cm³/mol. The number of carbonyl (C=O) groups is 2. The van der Waals surface area contributed by atoms with E-state index in [9.17, 15) is 14.7 Å². The molecule has 2 aromatic carbocycles. The highest BCUT2D eigenvalue weighted by molar-refractivity contribution is 6.30. The van der Waals surface area contributed by atoms with E-state index < -0.39 is 5.97 Å². The van der Waals surface area contributed by atoms with Crippen LogP contribution in [0.5, 0.6) is 5.75 Å². The van der Waals surface area contributed by atoms with Crippen LogP contribution in [0.3, 0.4) is 0 Å². The van der Waals surface area contributed by atoms with E-state index in [1.165, 1.54) is 29.2 Å². The number of phenols is 1. The highest BCUT2D eigenvalue weighted by Gasteiger charge is 2.15. The van der Waals surface area contributed by atoms with Crippen molar-refractivity contribution in [1.29, 1.82) is 0 Å². The van der Waals surface area contributed by atoms with Gasteiger partial charge in [0, 0.05) is 17.6 Å². The van der Waals surface area contributed by atoms with E-state index in [0.717, 1.165) is 5.56 Å². The maximum absolute atomic E-state index is 12.2. The average Bonchev–Trinajstić information content (AvgIpc) is 3.15. The molecule has 1 amide bonds. The molecule has 0 aliphatic heterocycles. The molecule has 0 saturated carbocycles. The fraction of sp³-hybridized carbons (Fsp3) is 0.143. The smallest absolute Gasteiger partial charge is 0.338 e. The first kappa shape index (κ1) is 19.5. The summed E-state index contributed by atoms with van der Waals surface area (Å²) >= 11 is 5.88. The van der Waals surface area contributed by atoms with Crippen molar-refractivity contribution in [2.75, 3.05) is 13.7 Å². The third-order valence-corrected chi connectivity index (χ3v) is 4.29. The lowest BCUT2D eigenvalue weighted by atomic mass is 10.2. The molecule has 3 aromatic rings. The molecule has 1 aromatic heterocycles. The van der Waals surface area contributed by atoms with Gasteiger partial charge in [0.25, 0.3) is 5.91 Å². The number of nitrogens with zero attached hydrogens (tertiary/aromatic N) is 1. The highest BCUT2D eigenvalue weighted by atomic mass is 35.5. The molecule has 0 saturated heterocycles. The van der Waals surface area contributed by atoms with E-state index in [1.54, 1.807) is 25.2 Å². The number of benzene rings is 2. The Morgan fingerprint density at radius 1 is 1.04 bits per heavy atom. The molecular formula is C21H18ClNO5. The van der Waals surface area contributed by atoms with Crippen LogP contribution in [-0.4, -0.2) is 35.5 Å². The molecule has 1 N–H and O–H groups in total. The Morgan fingerprint density at radius 3 is 2.39 bits per heavy atom. The van der Waals surface area contributed by atoms with Crippen molar-refractivity contribution in [2.45, 2.75) is 6.54 Å². The van der Waals surface area contributed by atoms with Crippen molar-refractivity contribution in [3.63, 3.8) is 0 Å². The standard InChI is InChI=1S/C21H18ClNO5/c1-23(20(25)13-27-21(26)15-4-8-17(24)9-5-15)12-18-10-11-19(28-18)14-2-6-16(22)7-3-14/h2-11,24H,12-13H2,1H3. The van der Waals surface area contributed by atoms with Crippen LogP contribution in [0.25, 0.3) is 11.3 Å². The van der Waals surface area contributed by atoms with Gasteiger partial charge in [-0.25, -0.2) is 4.79 Å². The summed E-state index contributed by atoms with van der Waals surface area (Å²) in [6, 6.07) is 16.5. The molecule has 0 unspecified atom stereocenters. The van der Waals surface area contributed by atoms with Crippen molar-refractivity contribution >= 4 is 23.5 Å². The van der Waals surface area contributed by atoms with Crippen molar-refractivity contribution in [1.82, 2.24) is 4.90 Å². The van der Waals surface area contributed by atoms with Crippen molar-refractivity contribution in [2.24, 2.45) is 0 Å². The van der Waals surface area contributed by atoms with Crippen LogP contribution >= 0.6 is 11.6 Å². The Bertz CT molecular complexity index is 963. The SMILES string of the molecule is CN(Cc1ccc(-c2ccc(Cl)cc2)o1)C(=O)COC(=O)c1ccc(O)cc1. The number of hydrogen-bond donors (Lipinski definition) is 1. The largest absolute Gasteiger partial charge is 0.508 e. The van der Waals surface area contributed by atoms with Gasteiger partial charge in [-0.3, -0.25) is 4.79 Å². The molecule has 0 spiro atoms. The minimum Gasteiger partial charge on any atom is -0.508 e. The average molecular weight is 400 g/mol. The molecule has 0 radical (unpaired) electrons. The molecule has 0 fully saturated rings. The monoisotopic (exact) mass is 399 g/mol. The van der Waals surface area contributed by atoms with Gasteiger partial charge in [-0.15, -0.1) is 0 Å². The van der Waals surface area contributed by atoms with Gasteiger partial charge in [0.15, 0.2) is 6.61 Å². The maximum atomic E-state index is 12.2. The Hall–Kier alpha value is -3.25. The summed E-state index contributed by atoms with van der Waals surface area (Å²) in [7, 11) is 1.60. The van der Waals surface area contributed by atoms with Gasteiger partial charge in [0.1, 0.15) is 17.3 Å². The van der Waals surface area contributed by atoms with Crippen LogP contribution in [0.15, 0.2) is 65.1 Å². The minimum atomic E-state index is -0.634. The predicted octanol–water partition coefficient (Wildman–Crippen LogP) is 4.12. The maximum Gasteiger partial charge on any atom is 0.338 e. The molecule has 6 nitrogen and oxygen atoms in total. The molecular weight excluding hydrogens is 382 g/mol. The van der Waals surface area contributed by atoms with E-state index in [-0.39, 0.29) is 30.4 Å². The second-order valence-corrected chi connectivity index (χ2v) is 6.58. The van der Waals surface area contributed by atoms with Gasteiger partial charge >= 0.3 is 5.97 Å². The van der Waals surface area contributed by atoms with Crippen molar-refractivity contribution in [3.8, 4) is 17.1 Å². The van der Waals surface area contributed by atoms with Crippen molar-refractivity contribution in [3.05, 3.63) is 77.0 Å². The second-order valence-electron chi connectivity index (χ2n) is 6.15. The van der Waals surface area contributed by atoms with Gasteiger partial charge < -0.3 is 19.2 Å². The molecule has 1 heterocycles. The number of rotatable bonds is 6. The van der Waals surface area contributed by atoms with E-state index in [2.05, 4.69) is 0 Å². The first-order chi connectivity index (χ1) is 13.4. The van der Waals surface area contributed by atoms with E-state index in [1.807, 2.05) is 18.2 Å². The number of hydrogen-bond acceptors (Lipinski definition) is 5. The lowest BCUT2D eigenvalue weighted by Gasteiger charge is -2.15. The normalized spacial score (nSPS) is 10.5. The van der Waals surface area contributed by atoms with Crippen LogP contribution in [0, 0.1) is 0 Å². The molecule has 7 heteroatoms. The van der Waals surface area contributed by atoms with E-state index in [0.29, 0.717) is 16.5 Å². The molecule has 144 valence electrons. The molecule has 0 bridgehead atoms. The third kappa shape index (κ3) is 4.92. The minimum absolute atomic E-state index is 0.0452. The first-order valence-corrected chi connectivity index (χ1v) is 8.85. The molecule has 28 heavy (non-hydrogen) atoms. The van der Waals surface area contributed by atoms with Crippen LogP contribution in [-0.2, 0) is 16.1 Å². The van der Waals surface area contributed by atoms with E-state index >= 15 is 0 Å². The molecule has 0 atom stereocenters. The fourth-order valence-corrected chi connectivity index (χ4v) is 2.60. The molecule has 0 aliphatic carbocycles. The van der Waals surface area contributed by atoms with E-state index in [4.69, 9.17) is 20.8 Å².